The van der Waals surface area contributed by atoms with Crippen LogP contribution in [-0.2, 0) is 9.59 Å². The number of anilines is 1. The van der Waals surface area contributed by atoms with E-state index < -0.39 is 0 Å². The van der Waals surface area contributed by atoms with E-state index in [1.165, 1.54) is 6.92 Å². The largest absolute Gasteiger partial charge is 0.326 e. The average Bonchev–Trinajstić information content (AvgIpc) is 3.50. The fourth-order valence-corrected chi connectivity index (χ4v) is 3.95. The van der Waals surface area contributed by atoms with Gasteiger partial charge < -0.3 is 10.2 Å². The van der Waals surface area contributed by atoms with Crippen LogP contribution in [0.2, 0.25) is 0 Å². The van der Waals surface area contributed by atoms with E-state index in [1.807, 2.05) is 59.3 Å². The molecule has 1 saturated carbocycles. The van der Waals surface area contributed by atoms with Gasteiger partial charge in [0.1, 0.15) is 0 Å². The minimum Gasteiger partial charge on any atom is -0.326 e. The summed E-state index contributed by atoms with van der Waals surface area (Å²) < 4.78 is 1.86. The molecule has 1 aliphatic heterocycles. The summed E-state index contributed by atoms with van der Waals surface area (Å²) >= 11 is 0. The molecule has 2 heterocycles. The maximum Gasteiger partial charge on any atom is 0.226 e. The minimum atomic E-state index is -0.332. The van der Waals surface area contributed by atoms with Crippen LogP contribution in [0.1, 0.15) is 49.4 Å². The molecule has 2 amide bonds. The lowest BCUT2D eigenvalue weighted by molar-refractivity contribution is -0.129. The van der Waals surface area contributed by atoms with Crippen molar-refractivity contribution in [2.45, 2.75) is 38.3 Å². The van der Waals surface area contributed by atoms with E-state index in [0.717, 1.165) is 35.4 Å². The minimum absolute atomic E-state index is 0.0960. The van der Waals surface area contributed by atoms with Crippen LogP contribution in [0.25, 0.3) is 17.5 Å². The van der Waals surface area contributed by atoms with Crippen LogP contribution in [0, 0.1) is 0 Å². The zero-order valence-corrected chi connectivity index (χ0v) is 17.1. The van der Waals surface area contributed by atoms with Gasteiger partial charge in [0.05, 0.1) is 18.5 Å². The van der Waals surface area contributed by atoms with E-state index in [1.54, 1.807) is 11.1 Å². The van der Waals surface area contributed by atoms with Crippen LogP contribution in [0.4, 0.5) is 5.69 Å². The van der Waals surface area contributed by atoms with E-state index in [-0.39, 0.29) is 24.3 Å². The van der Waals surface area contributed by atoms with Crippen molar-refractivity contribution in [1.82, 2.24) is 25.1 Å². The third-order valence-electron chi connectivity index (χ3n) is 5.66. The second kappa shape index (κ2) is 7.79. The molecule has 8 nitrogen and oxygen atoms in total. The van der Waals surface area contributed by atoms with Crippen LogP contribution in [0.15, 0.2) is 54.7 Å². The number of carbonyl (C=O) groups excluding carboxylic acids is 2. The van der Waals surface area contributed by atoms with Crippen molar-refractivity contribution in [1.29, 1.82) is 0 Å². The van der Waals surface area contributed by atoms with E-state index >= 15 is 0 Å². The highest BCUT2D eigenvalue weighted by Gasteiger charge is 2.29. The summed E-state index contributed by atoms with van der Waals surface area (Å²) in [7, 11) is 0. The summed E-state index contributed by atoms with van der Waals surface area (Å²) in [5.74, 6) is 0.487. The van der Waals surface area contributed by atoms with Crippen molar-refractivity contribution in [2.75, 3.05) is 5.32 Å². The number of carbonyl (C=O) groups is 2. The number of hydrogen-bond donors (Lipinski definition) is 1. The number of fused-ring (bicyclic) bond motifs is 1. The number of rotatable bonds is 5. The van der Waals surface area contributed by atoms with Crippen molar-refractivity contribution in [3.63, 3.8) is 0 Å². The smallest absolute Gasteiger partial charge is 0.226 e. The molecule has 2 aromatic carbocycles. The molecular formula is C23H22N6O2. The van der Waals surface area contributed by atoms with E-state index in [2.05, 4.69) is 20.8 Å². The molecule has 2 aliphatic rings. The second-order valence-corrected chi connectivity index (χ2v) is 7.89. The van der Waals surface area contributed by atoms with E-state index in [4.69, 9.17) is 0 Å². The third kappa shape index (κ3) is 3.84. The summed E-state index contributed by atoms with van der Waals surface area (Å²) in [6.07, 6.45) is 6.02. The molecule has 3 aromatic rings. The summed E-state index contributed by atoms with van der Waals surface area (Å²) in [4.78, 5) is 26.5. The summed E-state index contributed by atoms with van der Waals surface area (Å²) in [5, 5.41) is 14.9. The number of hydrogen-bond acceptors (Lipinski definition) is 5. The van der Waals surface area contributed by atoms with Gasteiger partial charge in [0, 0.05) is 24.4 Å². The summed E-state index contributed by atoms with van der Waals surface area (Å²) in [6.45, 7) is 1.51. The first-order valence-electron chi connectivity index (χ1n) is 10.3. The Balaban J connectivity index is 1.30. The van der Waals surface area contributed by atoms with Crippen molar-refractivity contribution < 1.29 is 9.59 Å². The van der Waals surface area contributed by atoms with Gasteiger partial charge in [-0.05, 0) is 64.7 Å². The van der Waals surface area contributed by atoms with Crippen molar-refractivity contribution in [3.05, 3.63) is 65.9 Å². The highest BCUT2D eigenvalue weighted by molar-refractivity contribution is 5.92. The second-order valence-electron chi connectivity index (χ2n) is 7.89. The number of nitrogens with one attached hydrogen (secondary N) is 1. The van der Waals surface area contributed by atoms with E-state index in [0.29, 0.717) is 11.7 Å². The van der Waals surface area contributed by atoms with Crippen LogP contribution in [-0.4, -0.2) is 36.9 Å². The lowest BCUT2D eigenvalue weighted by Crippen LogP contribution is -2.33. The van der Waals surface area contributed by atoms with Crippen LogP contribution >= 0.6 is 0 Å². The SMILES string of the molecule is CC(=O)N1C=Cc2ccccc2C1CC(=O)Nc1ccc(-c2nnnn2C2CC2)cc1. The average molecular weight is 414 g/mol. The fourth-order valence-electron chi connectivity index (χ4n) is 3.95. The lowest BCUT2D eigenvalue weighted by atomic mass is 9.93. The first-order valence-corrected chi connectivity index (χ1v) is 10.3. The molecule has 1 aromatic heterocycles. The quantitative estimate of drug-likeness (QED) is 0.689. The first kappa shape index (κ1) is 19.2. The highest BCUT2D eigenvalue weighted by Crippen LogP contribution is 2.37. The standard InChI is InChI=1S/C23H22N6O2/c1-15(30)28-13-12-16-4-2-3-5-20(16)21(28)14-22(31)24-18-8-6-17(7-9-18)23-25-26-27-29(23)19-10-11-19/h2-9,12-13,19,21H,10-11,14H2,1H3,(H,24,31). The Morgan fingerprint density at radius 1 is 1.10 bits per heavy atom. The molecule has 1 aliphatic carbocycles. The van der Waals surface area contributed by atoms with Gasteiger partial charge in [-0.1, -0.05) is 24.3 Å². The monoisotopic (exact) mass is 414 g/mol. The predicted molar refractivity (Wildman–Crippen MR) is 116 cm³/mol. The number of aromatic nitrogens is 4. The fraction of sp³-hybridized carbons (Fsp3) is 0.261. The Bertz CT molecular complexity index is 1160. The third-order valence-corrected chi connectivity index (χ3v) is 5.66. The van der Waals surface area contributed by atoms with Gasteiger partial charge in [0.15, 0.2) is 5.82 Å². The number of benzene rings is 2. The molecule has 0 spiro atoms. The normalized spacial score (nSPS) is 17.3. The van der Waals surface area contributed by atoms with Gasteiger partial charge >= 0.3 is 0 Å². The van der Waals surface area contributed by atoms with Crippen molar-refractivity contribution >= 4 is 23.6 Å². The van der Waals surface area contributed by atoms with Gasteiger partial charge in [-0.15, -0.1) is 5.10 Å². The topological polar surface area (TPSA) is 93.0 Å². The van der Waals surface area contributed by atoms with Gasteiger partial charge in [-0.2, -0.15) is 0 Å². The van der Waals surface area contributed by atoms with Crippen LogP contribution < -0.4 is 5.32 Å². The Morgan fingerprint density at radius 3 is 2.61 bits per heavy atom. The van der Waals surface area contributed by atoms with Crippen molar-refractivity contribution in [2.24, 2.45) is 0 Å². The van der Waals surface area contributed by atoms with E-state index in [9.17, 15) is 9.59 Å². The Morgan fingerprint density at radius 2 is 1.87 bits per heavy atom. The number of nitrogens with zero attached hydrogens (tertiary/aromatic N) is 5. The molecule has 8 heteroatoms. The Kier molecular flexibility index (Phi) is 4.82. The lowest BCUT2D eigenvalue weighted by Gasteiger charge is -2.32. The molecule has 1 N–H and O–H groups in total. The molecule has 0 saturated heterocycles. The van der Waals surface area contributed by atoms with Gasteiger partial charge in [-0.25, -0.2) is 4.68 Å². The predicted octanol–water partition coefficient (Wildman–Crippen LogP) is 3.58. The zero-order valence-electron chi connectivity index (χ0n) is 17.1. The maximum absolute atomic E-state index is 12.8. The molecule has 1 unspecified atom stereocenters. The number of tetrazole rings is 1. The molecule has 0 radical (unpaired) electrons. The number of amides is 2. The summed E-state index contributed by atoms with van der Waals surface area (Å²) in [6, 6.07) is 15.4. The molecule has 5 rings (SSSR count). The van der Waals surface area contributed by atoms with Gasteiger partial charge in [-0.3, -0.25) is 9.59 Å². The Labute approximate surface area is 179 Å². The molecule has 1 atom stereocenters. The summed E-state index contributed by atoms with van der Waals surface area (Å²) in [5.41, 5.74) is 3.59. The highest BCUT2D eigenvalue weighted by atomic mass is 16.2. The Hall–Kier alpha value is -3.81. The maximum atomic E-state index is 12.8. The zero-order chi connectivity index (χ0) is 21.4. The van der Waals surface area contributed by atoms with Crippen LogP contribution in [0.3, 0.4) is 0 Å². The van der Waals surface area contributed by atoms with Gasteiger partial charge in [0.2, 0.25) is 11.8 Å². The van der Waals surface area contributed by atoms with Crippen LogP contribution in [0.5, 0.6) is 0 Å². The molecule has 1 fully saturated rings. The van der Waals surface area contributed by atoms with Gasteiger partial charge in [0.25, 0.3) is 0 Å². The molecule has 31 heavy (non-hydrogen) atoms. The molecular weight excluding hydrogens is 392 g/mol. The molecule has 156 valence electrons. The molecule has 0 bridgehead atoms. The first-order chi connectivity index (χ1) is 15.1. The van der Waals surface area contributed by atoms with Crippen molar-refractivity contribution in [3.8, 4) is 11.4 Å².